The highest BCUT2D eigenvalue weighted by atomic mass is 31.2. The molecule has 0 bridgehead atoms. The van der Waals surface area contributed by atoms with Crippen LogP contribution in [-0.2, 0) is 18.6 Å². The van der Waals surface area contributed by atoms with Crippen molar-refractivity contribution in [2.24, 2.45) is 0 Å². The van der Waals surface area contributed by atoms with E-state index in [1.54, 1.807) is 0 Å². The van der Waals surface area contributed by atoms with Gasteiger partial charge in [-0.05, 0) is 18.6 Å². The normalized spacial score (nSPS) is 12.6. The summed E-state index contributed by atoms with van der Waals surface area (Å²) in [7, 11) is -4.54. The fourth-order valence-corrected chi connectivity index (χ4v) is 5.01. The number of rotatable bonds is 28. The molecular formula is C30H55O7P. The van der Waals surface area contributed by atoms with E-state index < -0.39 is 13.9 Å². The molecule has 0 saturated heterocycles. The van der Waals surface area contributed by atoms with E-state index in [0.29, 0.717) is 32.8 Å². The van der Waals surface area contributed by atoms with Crippen LogP contribution in [0.25, 0.3) is 0 Å². The maximum Gasteiger partial charge on any atom is 0.469 e. The molecule has 0 heterocycles. The molecular weight excluding hydrogens is 503 g/mol. The Morgan fingerprint density at radius 2 is 1.13 bits per heavy atom. The Labute approximate surface area is 232 Å². The number of unbranched alkanes of at least 4 members (excludes halogenated alkanes) is 15. The second kappa shape index (κ2) is 25.0. The molecule has 0 saturated carbocycles. The smallest absolute Gasteiger partial charge is 0.469 e. The van der Waals surface area contributed by atoms with Crippen LogP contribution in [0.4, 0.5) is 0 Å². The van der Waals surface area contributed by atoms with Gasteiger partial charge in [-0.1, -0.05) is 128 Å². The molecule has 0 aromatic heterocycles. The summed E-state index contributed by atoms with van der Waals surface area (Å²) in [5.41, 5.74) is 0. The first-order chi connectivity index (χ1) is 18.5. The van der Waals surface area contributed by atoms with Crippen molar-refractivity contribution < 1.29 is 33.1 Å². The molecule has 38 heavy (non-hydrogen) atoms. The predicted octanol–water partition coefficient (Wildman–Crippen LogP) is 8.23. The molecule has 1 unspecified atom stereocenters. The van der Waals surface area contributed by atoms with E-state index >= 15 is 0 Å². The van der Waals surface area contributed by atoms with Gasteiger partial charge in [-0.3, -0.25) is 4.52 Å². The first-order valence-corrected chi connectivity index (χ1v) is 16.6. The minimum Gasteiger partial charge on any atom is -0.491 e. The maximum absolute atomic E-state index is 11.3. The van der Waals surface area contributed by atoms with Crippen molar-refractivity contribution in [1.29, 1.82) is 0 Å². The average Bonchev–Trinajstić information content (AvgIpc) is 2.89. The third-order valence-corrected chi connectivity index (χ3v) is 7.15. The molecule has 0 fully saturated rings. The molecule has 8 heteroatoms. The summed E-state index contributed by atoms with van der Waals surface area (Å²) >= 11 is 0. The van der Waals surface area contributed by atoms with E-state index in [1.807, 2.05) is 30.3 Å². The summed E-state index contributed by atoms with van der Waals surface area (Å²) in [6, 6.07) is 9.55. The lowest BCUT2D eigenvalue weighted by Crippen LogP contribution is -2.21. The maximum atomic E-state index is 11.3. The van der Waals surface area contributed by atoms with Gasteiger partial charge < -0.3 is 24.0 Å². The topological polar surface area (TPSA) is 94.5 Å². The number of phosphoric acid groups is 1. The lowest BCUT2D eigenvalue weighted by atomic mass is 10.0. The van der Waals surface area contributed by atoms with Gasteiger partial charge in [-0.25, -0.2) is 4.57 Å². The molecule has 0 radical (unpaired) electrons. The molecule has 1 atom stereocenters. The Morgan fingerprint density at radius 3 is 1.66 bits per heavy atom. The number of phosphoric ester groups is 1. The molecule has 1 rings (SSSR count). The third-order valence-electron chi connectivity index (χ3n) is 6.58. The number of para-hydroxylation sites is 1. The fraction of sp³-hybridized carbons (Fsp3) is 0.800. The van der Waals surface area contributed by atoms with Crippen LogP contribution in [0.15, 0.2) is 30.3 Å². The van der Waals surface area contributed by atoms with Crippen LogP contribution < -0.4 is 4.74 Å². The Bertz CT molecular complexity index is 668. The van der Waals surface area contributed by atoms with Crippen molar-refractivity contribution in [1.82, 2.24) is 0 Å². The summed E-state index contributed by atoms with van der Waals surface area (Å²) in [4.78, 5) is 18.4. The van der Waals surface area contributed by atoms with Gasteiger partial charge in [-0.15, -0.1) is 0 Å². The first-order valence-electron chi connectivity index (χ1n) is 15.1. The van der Waals surface area contributed by atoms with Gasteiger partial charge in [0, 0.05) is 0 Å². The Kier molecular flexibility index (Phi) is 23.1. The zero-order chi connectivity index (χ0) is 27.6. The van der Waals surface area contributed by atoms with Gasteiger partial charge in [0.25, 0.3) is 0 Å². The predicted molar refractivity (Wildman–Crippen MR) is 155 cm³/mol. The highest BCUT2D eigenvalue weighted by Gasteiger charge is 2.22. The Morgan fingerprint density at radius 1 is 0.658 bits per heavy atom. The molecule has 0 aliphatic carbocycles. The number of hydrogen-bond donors (Lipinski definition) is 2. The molecule has 2 N–H and O–H groups in total. The zero-order valence-electron chi connectivity index (χ0n) is 23.9. The molecule has 7 nitrogen and oxygen atoms in total. The summed E-state index contributed by atoms with van der Waals surface area (Å²) in [5.74, 6) is 0.805. The van der Waals surface area contributed by atoms with Crippen molar-refractivity contribution in [2.75, 3.05) is 33.0 Å². The van der Waals surface area contributed by atoms with Gasteiger partial charge in [0.05, 0.1) is 32.5 Å². The van der Waals surface area contributed by atoms with Crippen LogP contribution in [0, 0.1) is 0 Å². The molecule has 222 valence electrons. The highest BCUT2D eigenvalue weighted by molar-refractivity contribution is 7.46. The van der Waals surface area contributed by atoms with Crippen LogP contribution in [-0.4, -0.2) is 48.9 Å². The van der Waals surface area contributed by atoms with Crippen LogP contribution in [0.3, 0.4) is 0 Å². The summed E-state index contributed by atoms with van der Waals surface area (Å²) in [6.07, 6.45) is 20.7. The van der Waals surface area contributed by atoms with E-state index in [9.17, 15) is 14.4 Å². The van der Waals surface area contributed by atoms with Gasteiger partial charge in [0.15, 0.2) is 0 Å². The number of hydrogen-bond acceptors (Lipinski definition) is 5. The molecule has 0 amide bonds. The third kappa shape index (κ3) is 24.1. The van der Waals surface area contributed by atoms with Crippen molar-refractivity contribution in [2.45, 2.75) is 122 Å². The largest absolute Gasteiger partial charge is 0.491 e. The zero-order valence-corrected chi connectivity index (χ0v) is 24.8. The molecule has 0 aliphatic heterocycles. The minimum atomic E-state index is -4.54. The standard InChI is InChI=1S/C30H55O7P/c1-2-3-4-5-6-7-8-9-10-11-12-13-14-15-16-18-23-30(37-38(31,32)33)28-35-25-24-34-26-27-36-29-21-19-17-20-22-29/h17,19-22,30H,2-16,18,23-28H2,1H3,(H2,31,32,33). The van der Waals surface area contributed by atoms with Crippen LogP contribution in [0.1, 0.15) is 116 Å². The fourth-order valence-electron chi connectivity index (χ4n) is 4.45. The SMILES string of the molecule is CCCCCCCCCCCCCCCCCCC(COCCOCCOc1ccccc1)OP(=O)(O)O. The average molecular weight is 559 g/mol. The second-order valence-electron chi connectivity index (χ2n) is 10.2. The van der Waals surface area contributed by atoms with E-state index in [1.165, 1.54) is 83.5 Å². The van der Waals surface area contributed by atoms with Crippen molar-refractivity contribution in [3.8, 4) is 5.75 Å². The number of benzene rings is 1. The minimum absolute atomic E-state index is 0.147. The van der Waals surface area contributed by atoms with Crippen LogP contribution in [0.5, 0.6) is 5.75 Å². The van der Waals surface area contributed by atoms with Crippen LogP contribution >= 0.6 is 7.82 Å². The van der Waals surface area contributed by atoms with Gasteiger partial charge >= 0.3 is 7.82 Å². The Hall–Kier alpha value is -0.950. The molecule has 1 aromatic carbocycles. The number of ether oxygens (including phenoxy) is 3. The van der Waals surface area contributed by atoms with Gasteiger partial charge in [-0.2, -0.15) is 0 Å². The second-order valence-corrected chi connectivity index (χ2v) is 11.4. The molecule has 0 spiro atoms. The van der Waals surface area contributed by atoms with Crippen molar-refractivity contribution in [3.05, 3.63) is 30.3 Å². The van der Waals surface area contributed by atoms with Crippen molar-refractivity contribution in [3.63, 3.8) is 0 Å². The quantitative estimate of drug-likeness (QED) is 0.0790. The van der Waals surface area contributed by atoms with E-state index in [0.717, 1.165) is 25.0 Å². The first kappa shape index (κ1) is 35.1. The monoisotopic (exact) mass is 558 g/mol. The summed E-state index contributed by atoms with van der Waals surface area (Å²) in [5, 5.41) is 0. The van der Waals surface area contributed by atoms with Gasteiger partial charge in [0.2, 0.25) is 0 Å². The van der Waals surface area contributed by atoms with E-state index in [4.69, 9.17) is 18.7 Å². The summed E-state index contributed by atoms with van der Waals surface area (Å²) < 4.78 is 32.8. The van der Waals surface area contributed by atoms with E-state index in [2.05, 4.69) is 6.92 Å². The van der Waals surface area contributed by atoms with Crippen molar-refractivity contribution >= 4 is 7.82 Å². The lowest BCUT2D eigenvalue weighted by Gasteiger charge is -2.18. The van der Waals surface area contributed by atoms with Crippen LogP contribution in [0.2, 0.25) is 0 Å². The molecule has 0 aliphatic rings. The molecule has 1 aromatic rings. The lowest BCUT2D eigenvalue weighted by molar-refractivity contribution is -0.00356. The Balaban J connectivity index is 1.95. The highest BCUT2D eigenvalue weighted by Crippen LogP contribution is 2.38. The van der Waals surface area contributed by atoms with E-state index in [-0.39, 0.29) is 6.61 Å². The summed E-state index contributed by atoms with van der Waals surface area (Å²) in [6.45, 7) is 4.04. The van der Waals surface area contributed by atoms with Gasteiger partial charge in [0.1, 0.15) is 12.4 Å².